The second kappa shape index (κ2) is 7.29. The molecule has 128 valence electrons. The summed E-state index contributed by atoms with van der Waals surface area (Å²) in [4.78, 5) is 0. The van der Waals surface area contributed by atoms with Crippen molar-refractivity contribution in [3.05, 3.63) is 46.9 Å². The highest BCUT2D eigenvalue weighted by molar-refractivity contribution is 5.82. The highest BCUT2D eigenvalue weighted by Gasteiger charge is 2.21. The van der Waals surface area contributed by atoms with Gasteiger partial charge in [0.15, 0.2) is 0 Å². The first kappa shape index (κ1) is 16.9. The molecule has 0 aliphatic heterocycles. The third-order valence-electron chi connectivity index (χ3n) is 5.27. The number of allylic oxidation sites excluding steroid dienone is 2. The summed E-state index contributed by atoms with van der Waals surface area (Å²) in [5.41, 5.74) is 6.66. The van der Waals surface area contributed by atoms with Gasteiger partial charge in [-0.1, -0.05) is 31.1 Å². The third kappa shape index (κ3) is 3.15. The Morgan fingerprint density at radius 1 is 1.08 bits per heavy atom. The predicted octanol–water partition coefficient (Wildman–Crippen LogP) is 6.56. The molecule has 24 heavy (non-hydrogen) atoms. The zero-order valence-corrected chi connectivity index (χ0v) is 15.4. The van der Waals surface area contributed by atoms with E-state index in [-0.39, 0.29) is 0 Å². The van der Waals surface area contributed by atoms with Crippen LogP contribution in [0.25, 0.3) is 16.7 Å². The number of ether oxygens (including phenoxy) is 1. The summed E-state index contributed by atoms with van der Waals surface area (Å²) in [6, 6.07) is 8.33. The molecule has 0 atom stereocenters. The van der Waals surface area contributed by atoms with Gasteiger partial charge in [0.1, 0.15) is 17.3 Å². The molecule has 3 rings (SSSR count). The van der Waals surface area contributed by atoms with Crippen molar-refractivity contribution in [3.63, 3.8) is 0 Å². The van der Waals surface area contributed by atoms with Crippen molar-refractivity contribution >= 4 is 5.57 Å². The minimum Gasteiger partial charge on any atom is -0.497 e. The molecule has 0 N–H and O–H groups in total. The van der Waals surface area contributed by atoms with Crippen LogP contribution in [0.3, 0.4) is 0 Å². The van der Waals surface area contributed by atoms with E-state index in [1.165, 1.54) is 54.4 Å². The average molecular weight is 324 g/mol. The van der Waals surface area contributed by atoms with Gasteiger partial charge in [-0.05, 0) is 68.4 Å². The predicted molar refractivity (Wildman–Crippen MR) is 100 cm³/mol. The quantitative estimate of drug-likeness (QED) is 0.635. The molecule has 0 amide bonds. The summed E-state index contributed by atoms with van der Waals surface area (Å²) in [5, 5.41) is 0. The maximum absolute atomic E-state index is 6.33. The zero-order valence-electron chi connectivity index (χ0n) is 15.4. The maximum atomic E-state index is 6.33. The van der Waals surface area contributed by atoms with Crippen molar-refractivity contribution in [2.24, 2.45) is 0 Å². The van der Waals surface area contributed by atoms with Crippen LogP contribution in [-0.2, 0) is 6.42 Å². The first-order chi connectivity index (χ1) is 11.7. The van der Waals surface area contributed by atoms with Gasteiger partial charge in [0.2, 0.25) is 0 Å². The zero-order chi connectivity index (χ0) is 17.1. The van der Waals surface area contributed by atoms with E-state index in [9.17, 15) is 0 Å². The molecule has 0 bridgehead atoms. The topological polar surface area (TPSA) is 22.4 Å². The van der Waals surface area contributed by atoms with Crippen molar-refractivity contribution in [1.82, 2.24) is 0 Å². The maximum Gasteiger partial charge on any atom is 0.138 e. The molecule has 0 unspecified atom stereocenters. The fraction of sp³-hybridized carbons (Fsp3) is 0.455. The Kier molecular flexibility index (Phi) is 5.13. The van der Waals surface area contributed by atoms with Gasteiger partial charge in [0, 0.05) is 12.0 Å². The summed E-state index contributed by atoms with van der Waals surface area (Å²) in [6.07, 6.45) is 7.34. The fourth-order valence-corrected chi connectivity index (χ4v) is 3.78. The van der Waals surface area contributed by atoms with Gasteiger partial charge in [-0.15, -0.1) is 0 Å². The molecule has 1 fully saturated rings. The van der Waals surface area contributed by atoms with Crippen LogP contribution < -0.4 is 4.74 Å². The van der Waals surface area contributed by atoms with E-state index >= 15 is 0 Å². The molecule has 1 aromatic carbocycles. The molecule has 0 spiro atoms. The second-order valence-corrected chi connectivity index (χ2v) is 6.73. The normalized spacial score (nSPS) is 14.8. The highest BCUT2D eigenvalue weighted by atomic mass is 16.5. The van der Waals surface area contributed by atoms with Crippen molar-refractivity contribution in [2.75, 3.05) is 7.11 Å². The van der Waals surface area contributed by atoms with Gasteiger partial charge in [0.05, 0.1) is 7.11 Å². The van der Waals surface area contributed by atoms with Crippen molar-refractivity contribution < 1.29 is 9.15 Å². The lowest BCUT2D eigenvalue weighted by molar-refractivity contribution is 0.415. The summed E-state index contributed by atoms with van der Waals surface area (Å²) in [5.74, 6) is 3.07. The summed E-state index contributed by atoms with van der Waals surface area (Å²) in [6.45, 7) is 6.59. The van der Waals surface area contributed by atoms with Gasteiger partial charge in [-0.25, -0.2) is 0 Å². The second-order valence-electron chi connectivity index (χ2n) is 6.73. The van der Waals surface area contributed by atoms with Crippen LogP contribution in [0.15, 0.2) is 34.3 Å². The van der Waals surface area contributed by atoms with Crippen LogP contribution in [-0.4, -0.2) is 7.11 Å². The van der Waals surface area contributed by atoms with Crippen LogP contribution in [0.2, 0.25) is 0 Å². The molecule has 2 aromatic rings. The minimum absolute atomic E-state index is 0.888. The largest absolute Gasteiger partial charge is 0.497 e. The molecular weight excluding hydrogens is 296 g/mol. The number of hydrogen-bond acceptors (Lipinski definition) is 2. The number of methoxy groups -OCH3 is 1. The van der Waals surface area contributed by atoms with Gasteiger partial charge >= 0.3 is 0 Å². The smallest absolute Gasteiger partial charge is 0.138 e. The van der Waals surface area contributed by atoms with Crippen molar-refractivity contribution in [3.8, 4) is 16.9 Å². The monoisotopic (exact) mass is 324 g/mol. The fourth-order valence-electron chi connectivity index (χ4n) is 3.78. The van der Waals surface area contributed by atoms with E-state index < -0.39 is 0 Å². The first-order valence-electron chi connectivity index (χ1n) is 9.11. The summed E-state index contributed by atoms with van der Waals surface area (Å²) < 4.78 is 11.6. The van der Waals surface area contributed by atoms with E-state index in [2.05, 4.69) is 32.9 Å². The van der Waals surface area contributed by atoms with E-state index in [4.69, 9.17) is 9.15 Å². The Bertz CT molecular complexity index is 724. The molecule has 1 heterocycles. The number of aryl methyl sites for hydroxylation is 1. The molecule has 1 aliphatic carbocycles. The number of furan rings is 1. The van der Waals surface area contributed by atoms with Gasteiger partial charge in [-0.2, -0.15) is 0 Å². The molecule has 1 saturated carbocycles. The van der Waals surface area contributed by atoms with E-state index in [1.54, 1.807) is 12.7 Å². The van der Waals surface area contributed by atoms with E-state index in [0.717, 1.165) is 23.7 Å². The first-order valence-corrected chi connectivity index (χ1v) is 9.11. The van der Waals surface area contributed by atoms with Gasteiger partial charge < -0.3 is 9.15 Å². The number of hydrogen-bond donors (Lipinski definition) is 0. The van der Waals surface area contributed by atoms with Crippen LogP contribution in [0.4, 0.5) is 0 Å². The number of benzene rings is 1. The standard InChI is InChI=1S/C22H28O2/c1-5-20-16(3)21(18-11-13-19(23-4)14-12-18)22(24-20)15(2)17-9-7-6-8-10-17/h11-14H,5-10H2,1-4H3. The third-order valence-corrected chi connectivity index (χ3v) is 5.27. The van der Waals surface area contributed by atoms with Crippen LogP contribution >= 0.6 is 0 Å². The average Bonchev–Trinajstić information content (AvgIpc) is 2.98. The molecule has 0 saturated heterocycles. The lowest BCUT2D eigenvalue weighted by Crippen LogP contribution is -1.97. The number of rotatable bonds is 4. The Morgan fingerprint density at radius 2 is 1.75 bits per heavy atom. The summed E-state index contributed by atoms with van der Waals surface area (Å²) in [7, 11) is 1.70. The minimum atomic E-state index is 0.888. The Hall–Kier alpha value is -1.96. The van der Waals surface area contributed by atoms with E-state index in [0.29, 0.717) is 0 Å². The van der Waals surface area contributed by atoms with Gasteiger partial charge in [-0.3, -0.25) is 0 Å². The lowest BCUT2D eigenvalue weighted by Gasteiger charge is -2.17. The van der Waals surface area contributed by atoms with Crippen LogP contribution in [0, 0.1) is 6.92 Å². The Balaban J connectivity index is 2.11. The molecular formula is C22H28O2. The van der Waals surface area contributed by atoms with Gasteiger partial charge in [0.25, 0.3) is 0 Å². The van der Waals surface area contributed by atoms with Crippen LogP contribution in [0.5, 0.6) is 5.75 Å². The Labute approximate surface area is 145 Å². The molecule has 1 aliphatic rings. The Morgan fingerprint density at radius 3 is 2.33 bits per heavy atom. The summed E-state index contributed by atoms with van der Waals surface area (Å²) >= 11 is 0. The van der Waals surface area contributed by atoms with Crippen molar-refractivity contribution in [1.29, 1.82) is 0 Å². The molecule has 0 radical (unpaired) electrons. The lowest BCUT2D eigenvalue weighted by atomic mass is 9.88. The molecule has 1 aromatic heterocycles. The highest BCUT2D eigenvalue weighted by Crippen LogP contribution is 2.40. The van der Waals surface area contributed by atoms with Crippen LogP contribution in [0.1, 0.15) is 63.0 Å². The van der Waals surface area contributed by atoms with Crippen molar-refractivity contribution in [2.45, 2.75) is 59.3 Å². The molecule has 2 heteroatoms. The van der Waals surface area contributed by atoms with E-state index in [1.807, 2.05) is 12.1 Å². The molecule has 2 nitrogen and oxygen atoms in total. The SMILES string of the molecule is CCc1oc(C(C)=C2CCCCC2)c(-c2ccc(OC)cc2)c1C.